The van der Waals surface area contributed by atoms with Crippen molar-refractivity contribution in [2.24, 2.45) is 0 Å². The zero-order chi connectivity index (χ0) is 17.1. The van der Waals surface area contributed by atoms with Crippen molar-refractivity contribution >= 4 is 23.9 Å². The minimum atomic E-state index is -1.59. The van der Waals surface area contributed by atoms with Crippen molar-refractivity contribution in [2.75, 3.05) is 13.2 Å². The van der Waals surface area contributed by atoms with Crippen molar-refractivity contribution in [3.05, 3.63) is 11.1 Å². The lowest BCUT2D eigenvalue weighted by Gasteiger charge is -2.09. The summed E-state index contributed by atoms with van der Waals surface area (Å²) in [5, 5.41) is 18.1. The summed E-state index contributed by atoms with van der Waals surface area (Å²) in [6.07, 6.45) is -0.351. The van der Waals surface area contributed by atoms with Crippen LogP contribution in [0.2, 0.25) is 0 Å². The molecule has 0 aromatic carbocycles. The highest BCUT2D eigenvalue weighted by atomic mass is 16.5. The van der Waals surface area contributed by atoms with E-state index < -0.39 is 47.9 Å². The average molecular weight is 316 g/mol. The summed E-state index contributed by atoms with van der Waals surface area (Å²) in [4.78, 5) is 45.3. The van der Waals surface area contributed by atoms with E-state index in [1.807, 2.05) is 0 Å². The molecule has 0 unspecified atom stereocenters. The first kappa shape index (κ1) is 19.6. The van der Waals surface area contributed by atoms with Crippen LogP contribution in [0.1, 0.15) is 39.5 Å². The van der Waals surface area contributed by atoms with Crippen molar-refractivity contribution in [1.82, 2.24) is 0 Å². The van der Waals surface area contributed by atoms with Gasteiger partial charge in [0.05, 0.1) is 37.2 Å². The highest BCUT2D eigenvalue weighted by molar-refractivity contribution is 6.04. The first-order chi connectivity index (χ1) is 10.3. The Bertz CT molecular complexity index is 421. The highest BCUT2D eigenvalue weighted by Gasteiger charge is 2.25. The van der Waals surface area contributed by atoms with Crippen LogP contribution in [0.5, 0.6) is 0 Å². The lowest BCUT2D eigenvalue weighted by atomic mass is 10.0. The molecule has 0 amide bonds. The molecular formula is C14H20O8. The number of carboxylic acid groups (broad SMARTS) is 2. The van der Waals surface area contributed by atoms with Gasteiger partial charge in [-0.1, -0.05) is 13.8 Å². The fourth-order valence-electron chi connectivity index (χ4n) is 1.45. The Morgan fingerprint density at radius 1 is 0.727 bits per heavy atom. The molecule has 0 aromatic heterocycles. The summed E-state index contributed by atoms with van der Waals surface area (Å²) < 4.78 is 9.45. The smallest absolute Gasteiger partial charge is 0.332 e. The normalized spacial score (nSPS) is 11.4. The van der Waals surface area contributed by atoms with Crippen molar-refractivity contribution in [1.29, 1.82) is 0 Å². The van der Waals surface area contributed by atoms with Crippen molar-refractivity contribution < 1.29 is 38.9 Å². The molecule has 2 N–H and O–H groups in total. The third-order valence-electron chi connectivity index (χ3n) is 2.46. The van der Waals surface area contributed by atoms with Gasteiger partial charge >= 0.3 is 23.9 Å². The van der Waals surface area contributed by atoms with Gasteiger partial charge < -0.3 is 19.7 Å². The quantitative estimate of drug-likeness (QED) is 0.453. The topological polar surface area (TPSA) is 127 Å². The van der Waals surface area contributed by atoms with Gasteiger partial charge in [0.15, 0.2) is 0 Å². The summed E-state index contributed by atoms with van der Waals surface area (Å²) >= 11 is 0. The molecular weight excluding hydrogens is 296 g/mol. The number of hydrogen-bond donors (Lipinski definition) is 2. The molecule has 0 rings (SSSR count). The number of esters is 2. The maximum Gasteiger partial charge on any atom is 0.332 e. The Balaban J connectivity index is 5.21. The number of carboxylic acids is 2. The molecule has 0 spiro atoms. The first-order valence-electron chi connectivity index (χ1n) is 6.83. The highest BCUT2D eigenvalue weighted by Crippen LogP contribution is 2.16. The second kappa shape index (κ2) is 10.4. The van der Waals surface area contributed by atoms with Crippen LogP contribution in [-0.2, 0) is 28.7 Å². The second-order valence-corrected chi connectivity index (χ2v) is 4.36. The van der Waals surface area contributed by atoms with Gasteiger partial charge in [0.2, 0.25) is 0 Å². The fourth-order valence-corrected chi connectivity index (χ4v) is 1.45. The van der Waals surface area contributed by atoms with Gasteiger partial charge in [-0.05, 0) is 12.8 Å². The van der Waals surface area contributed by atoms with Gasteiger partial charge in [-0.2, -0.15) is 0 Å². The molecule has 0 atom stereocenters. The second-order valence-electron chi connectivity index (χ2n) is 4.36. The lowest BCUT2D eigenvalue weighted by molar-refractivity contribution is -0.146. The molecule has 0 aliphatic carbocycles. The van der Waals surface area contributed by atoms with Crippen LogP contribution in [-0.4, -0.2) is 47.3 Å². The van der Waals surface area contributed by atoms with Crippen LogP contribution in [0, 0.1) is 0 Å². The van der Waals surface area contributed by atoms with Crippen molar-refractivity contribution in [2.45, 2.75) is 39.5 Å². The van der Waals surface area contributed by atoms with Crippen molar-refractivity contribution in [3.63, 3.8) is 0 Å². The Morgan fingerprint density at radius 3 is 1.27 bits per heavy atom. The Morgan fingerprint density at radius 2 is 1.05 bits per heavy atom. The van der Waals surface area contributed by atoms with E-state index in [4.69, 9.17) is 19.7 Å². The minimum absolute atomic E-state index is 0.104. The molecule has 8 nitrogen and oxygen atoms in total. The molecule has 8 heteroatoms. The van der Waals surface area contributed by atoms with E-state index in [1.54, 1.807) is 13.8 Å². The van der Waals surface area contributed by atoms with E-state index in [0.29, 0.717) is 12.8 Å². The van der Waals surface area contributed by atoms with Gasteiger partial charge in [-0.25, -0.2) is 9.59 Å². The van der Waals surface area contributed by atoms with Gasteiger partial charge in [0.1, 0.15) is 0 Å². The maximum absolute atomic E-state index is 11.5. The lowest BCUT2D eigenvalue weighted by Crippen LogP contribution is -2.19. The van der Waals surface area contributed by atoms with E-state index in [0.717, 1.165) is 0 Å². The van der Waals surface area contributed by atoms with E-state index >= 15 is 0 Å². The van der Waals surface area contributed by atoms with Crippen LogP contribution in [0.25, 0.3) is 0 Å². The monoisotopic (exact) mass is 316 g/mol. The van der Waals surface area contributed by atoms with Gasteiger partial charge in [0.25, 0.3) is 0 Å². The standard InChI is InChI=1S/C14H20O8/c1-3-5-21-11(15)7-9(13(17)18)10(14(19)20)8-12(16)22-6-4-2/h3-8H2,1-2H3,(H,17,18)(H,19,20)/b10-9+. The number of carbonyl (C=O) groups excluding carboxylic acids is 2. The average Bonchev–Trinajstić information content (AvgIpc) is 2.45. The van der Waals surface area contributed by atoms with E-state index in [9.17, 15) is 19.2 Å². The fraction of sp³-hybridized carbons (Fsp3) is 0.571. The number of hydrogen-bond acceptors (Lipinski definition) is 6. The maximum atomic E-state index is 11.5. The summed E-state index contributed by atoms with van der Waals surface area (Å²) in [5.74, 6) is -4.90. The van der Waals surface area contributed by atoms with E-state index in [-0.39, 0.29) is 13.2 Å². The number of ether oxygens (including phenoxy) is 2. The molecule has 0 aromatic rings. The zero-order valence-corrected chi connectivity index (χ0v) is 12.6. The molecule has 0 fully saturated rings. The first-order valence-corrected chi connectivity index (χ1v) is 6.83. The van der Waals surface area contributed by atoms with Gasteiger partial charge in [0, 0.05) is 0 Å². The summed E-state index contributed by atoms with van der Waals surface area (Å²) in [6, 6.07) is 0. The molecule has 0 aliphatic heterocycles. The molecule has 124 valence electrons. The van der Waals surface area contributed by atoms with Crippen LogP contribution >= 0.6 is 0 Å². The zero-order valence-electron chi connectivity index (χ0n) is 12.6. The summed E-state index contributed by atoms with van der Waals surface area (Å²) in [5.41, 5.74) is -1.36. The predicted octanol–water partition coefficient (Wildman–Crippen LogP) is 1.14. The Labute approximate surface area is 127 Å². The summed E-state index contributed by atoms with van der Waals surface area (Å²) in [7, 11) is 0. The third kappa shape index (κ3) is 7.41. The number of carbonyl (C=O) groups is 4. The van der Waals surface area contributed by atoms with Crippen LogP contribution in [0.4, 0.5) is 0 Å². The molecule has 0 saturated heterocycles. The number of rotatable bonds is 10. The Kier molecular flexibility index (Phi) is 9.24. The Hall–Kier alpha value is -2.38. The molecule has 0 aliphatic rings. The number of aliphatic carboxylic acids is 2. The van der Waals surface area contributed by atoms with Gasteiger partial charge in [-0.3, -0.25) is 9.59 Å². The largest absolute Gasteiger partial charge is 0.478 e. The van der Waals surface area contributed by atoms with Crippen molar-refractivity contribution in [3.8, 4) is 0 Å². The predicted molar refractivity (Wildman–Crippen MR) is 74.0 cm³/mol. The summed E-state index contributed by atoms with van der Waals surface area (Å²) in [6.45, 7) is 3.72. The molecule has 22 heavy (non-hydrogen) atoms. The third-order valence-corrected chi connectivity index (χ3v) is 2.46. The molecule has 0 saturated carbocycles. The molecule has 0 radical (unpaired) electrons. The van der Waals surface area contributed by atoms with E-state index in [2.05, 4.69) is 0 Å². The SMILES string of the molecule is CCCOC(=O)C/C(C(=O)O)=C(/CC(=O)OCCC)C(=O)O. The molecule has 0 bridgehead atoms. The van der Waals surface area contributed by atoms with Crippen LogP contribution in [0.3, 0.4) is 0 Å². The minimum Gasteiger partial charge on any atom is -0.478 e. The van der Waals surface area contributed by atoms with Gasteiger partial charge in [-0.15, -0.1) is 0 Å². The van der Waals surface area contributed by atoms with Crippen LogP contribution < -0.4 is 0 Å². The molecule has 0 heterocycles. The van der Waals surface area contributed by atoms with Crippen LogP contribution in [0.15, 0.2) is 11.1 Å². The van der Waals surface area contributed by atoms with E-state index in [1.165, 1.54) is 0 Å².